The largest absolute Gasteiger partial charge is 0.437 e. The molecule has 1 saturated heterocycles. The molecule has 13 heavy (non-hydrogen) atoms. The number of nitrogens with zero attached hydrogens (tertiary/aromatic N) is 1. The van der Waals surface area contributed by atoms with E-state index in [1.807, 2.05) is 4.81 Å². The van der Waals surface area contributed by atoms with E-state index in [0.717, 1.165) is 38.5 Å². The molecule has 0 aromatic carbocycles. The van der Waals surface area contributed by atoms with Gasteiger partial charge in [0.05, 0.1) is 5.54 Å². The van der Waals surface area contributed by atoms with Crippen molar-refractivity contribution in [2.45, 2.75) is 45.0 Å². The van der Waals surface area contributed by atoms with E-state index in [1.165, 1.54) is 0 Å². The van der Waals surface area contributed by atoms with E-state index in [4.69, 9.17) is 0 Å². The van der Waals surface area contributed by atoms with Gasteiger partial charge in [-0.1, -0.05) is 13.3 Å². The lowest BCUT2D eigenvalue weighted by Gasteiger charge is -2.34. The van der Waals surface area contributed by atoms with E-state index in [9.17, 15) is 9.82 Å². The zero-order valence-electron chi connectivity index (χ0n) is 8.49. The first-order chi connectivity index (χ1) is 6.16. The van der Waals surface area contributed by atoms with Crippen LogP contribution in [0, 0.1) is 0 Å². The Morgan fingerprint density at radius 3 is 2.85 bits per heavy atom. The molecule has 1 aliphatic heterocycles. The van der Waals surface area contributed by atoms with Gasteiger partial charge >= 0.3 is 7.05 Å². The van der Waals surface area contributed by atoms with Crippen LogP contribution in [0.2, 0.25) is 6.82 Å². The zero-order valence-corrected chi connectivity index (χ0v) is 8.49. The van der Waals surface area contributed by atoms with Gasteiger partial charge in [0.15, 0.2) is 0 Å². The first kappa shape index (κ1) is 10.7. The minimum atomic E-state index is -0.501. The van der Waals surface area contributed by atoms with Gasteiger partial charge in [-0.2, -0.15) is 0 Å². The van der Waals surface area contributed by atoms with Crippen LogP contribution in [0.1, 0.15) is 32.6 Å². The van der Waals surface area contributed by atoms with E-state index < -0.39 is 7.05 Å². The Labute approximate surface area is 80.2 Å². The van der Waals surface area contributed by atoms with Crippen LogP contribution in [-0.2, 0) is 4.79 Å². The third-order valence-corrected chi connectivity index (χ3v) is 2.93. The summed E-state index contributed by atoms with van der Waals surface area (Å²) in [7, 11) is -0.501. The number of carbonyl (C=O) groups excluding carboxylic acids is 1. The smallest absolute Gasteiger partial charge is 0.377 e. The second-order valence-electron chi connectivity index (χ2n) is 3.90. The minimum absolute atomic E-state index is 0.372. The Bertz CT molecular complexity index is 186. The summed E-state index contributed by atoms with van der Waals surface area (Å²) in [5.74, 6) is 0. The van der Waals surface area contributed by atoms with Crippen molar-refractivity contribution in [2.24, 2.45) is 0 Å². The van der Waals surface area contributed by atoms with Crippen molar-refractivity contribution in [3.05, 3.63) is 0 Å². The lowest BCUT2D eigenvalue weighted by molar-refractivity contribution is -0.115. The highest BCUT2D eigenvalue weighted by molar-refractivity contribution is 6.46. The fourth-order valence-corrected chi connectivity index (χ4v) is 2.37. The molecule has 0 aromatic heterocycles. The first-order valence-electron chi connectivity index (χ1n) is 5.07. The molecule has 4 heteroatoms. The molecule has 3 nitrogen and oxygen atoms in total. The van der Waals surface area contributed by atoms with Crippen molar-refractivity contribution in [3.8, 4) is 0 Å². The van der Waals surface area contributed by atoms with Crippen LogP contribution in [-0.4, -0.2) is 35.3 Å². The molecule has 74 valence electrons. The number of rotatable bonds is 4. The predicted molar refractivity (Wildman–Crippen MR) is 53.5 cm³/mol. The summed E-state index contributed by atoms with van der Waals surface area (Å²) in [6, 6.07) is 0. The molecule has 0 spiro atoms. The number of hydrogen-bond donors (Lipinski definition) is 1. The Hall–Kier alpha value is -0.345. The van der Waals surface area contributed by atoms with Crippen LogP contribution >= 0.6 is 0 Å². The minimum Gasteiger partial charge on any atom is -0.437 e. The van der Waals surface area contributed by atoms with Gasteiger partial charge < -0.3 is 14.6 Å². The van der Waals surface area contributed by atoms with Crippen molar-refractivity contribution in [3.63, 3.8) is 0 Å². The van der Waals surface area contributed by atoms with E-state index in [2.05, 4.69) is 6.92 Å². The number of carbonyl (C=O) groups is 1. The van der Waals surface area contributed by atoms with Crippen LogP contribution in [0.25, 0.3) is 0 Å². The molecule has 0 bridgehead atoms. The van der Waals surface area contributed by atoms with Crippen LogP contribution in [0.15, 0.2) is 0 Å². The van der Waals surface area contributed by atoms with E-state index in [1.54, 1.807) is 6.82 Å². The van der Waals surface area contributed by atoms with E-state index in [0.29, 0.717) is 0 Å². The Balaban J connectivity index is 2.76. The van der Waals surface area contributed by atoms with Gasteiger partial charge in [0, 0.05) is 0 Å². The Morgan fingerprint density at radius 2 is 2.38 bits per heavy atom. The van der Waals surface area contributed by atoms with Gasteiger partial charge in [0.2, 0.25) is 0 Å². The molecule has 1 atom stereocenters. The Morgan fingerprint density at radius 1 is 1.69 bits per heavy atom. The monoisotopic (exact) mass is 183 g/mol. The van der Waals surface area contributed by atoms with Gasteiger partial charge in [-0.3, -0.25) is 0 Å². The molecule has 1 rings (SSSR count). The third-order valence-electron chi connectivity index (χ3n) is 2.93. The highest BCUT2D eigenvalue weighted by atomic mass is 16.2. The summed E-state index contributed by atoms with van der Waals surface area (Å²) in [5.41, 5.74) is -0.372. The van der Waals surface area contributed by atoms with Crippen LogP contribution < -0.4 is 0 Å². The molecule has 1 unspecified atom stereocenters. The molecule has 0 amide bonds. The predicted octanol–water partition coefficient (Wildman–Crippen LogP) is 0.930. The summed E-state index contributed by atoms with van der Waals surface area (Å²) < 4.78 is 0. The zero-order chi connectivity index (χ0) is 9.90. The molecule has 0 aromatic rings. The first-order valence-corrected chi connectivity index (χ1v) is 5.07. The normalized spacial score (nSPS) is 29.2. The second-order valence-corrected chi connectivity index (χ2v) is 3.90. The maximum Gasteiger partial charge on any atom is 0.377 e. The van der Waals surface area contributed by atoms with Crippen molar-refractivity contribution in [1.29, 1.82) is 0 Å². The topological polar surface area (TPSA) is 40.5 Å². The van der Waals surface area contributed by atoms with Gasteiger partial charge in [-0.25, -0.2) is 0 Å². The lowest BCUT2D eigenvalue weighted by atomic mass is 9.78. The highest BCUT2D eigenvalue weighted by Crippen LogP contribution is 2.32. The van der Waals surface area contributed by atoms with Crippen LogP contribution in [0.3, 0.4) is 0 Å². The highest BCUT2D eigenvalue weighted by Gasteiger charge is 2.42. The maximum absolute atomic E-state index is 11.1. The summed E-state index contributed by atoms with van der Waals surface area (Å²) >= 11 is 0. The molecule has 1 N–H and O–H groups in total. The lowest BCUT2D eigenvalue weighted by Crippen LogP contribution is -2.52. The fraction of sp³-hybridized carbons (Fsp3) is 0.889. The molecular weight excluding hydrogens is 165 g/mol. The molecule has 0 aliphatic carbocycles. The molecule has 0 saturated carbocycles. The van der Waals surface area contributed by atoms with Gasteiger partial charge in [0.25, 0.3) is 0 Å². The summed E-state index contributed by atoms with van der Waals surface area (Å²) in [5, 5.41) is 9.51. The molecule has 1 heterocycles. The third kappa shape index (κ3) is 1.94. The fourth-order valence-electron chi connectivity index (χ4n) is 2.37. The Kier molecular flexibility index (Phi) is 3.51. The number of hydrogen-bond acceptors (Lipinski definition) is 3. The summed E-state index contributed by atoms with van der Waals surface area (Å²) in [6.45, 7) is 4.65. The average Bonchev–Trinajstić information content (AvgIpc) is 2.50. The number of aldehydes is 1. The van der Waals surface area contributed by atoms with E-state index in [-0.39, 0.29) is 5.54 Å². The van der Waals surface area contributed by atoms with E-state index >= 15 is 0 Å². The van der Waals surface area contributed by atoms with Crippen molar-refractivity contribution in [1.82, 2.24) is 4.81 Å². The van der Waals surface area contributed by atoms with Gasteiger partial charge in [-0.15, -0.1) is 0 Å². The second kappa shape index (κ2) is 4.25. The summed E-state index contributed by atoms with van der Waals surface area (Å²) in [4.78, 5) is 13.0. The standard InChI is InChI=1S/C9H18BNO2/c1-3-5-9(8-12)6-4-7-11(9)10(2)13/h8,13H,3-7H2,1-2H3. The molecular formula is C9H18BNO2. The molecule has 0 radical (unpaired) electrons. The molecule has 1 fully saturated rings. The van der Waals surface area contributed by atoms with Gasteiger partial charge in [0.1, 0.15) is 6.29 Å². The average molecular weight is 183 g/mol. The van der Waals surface area contributed by atoms with Gasteiger partial charge in [-0.05, 0) is 32.6 Å². The van der Waals surface area contributed by atoms with Crippen molar-refractivity contribution in [2.75, 3.05) is 6.54 Å². The van der Waals surface area contributed by atoms with Crippen LogP contribution in [0.4, 0.5) is 0 Å². The SMILES string of the molecule is CCCC1(C=O)CCCN1B(C)O. The van der Waals surface area contributed by atoms with Crippen molar-refractivity contribution >= 4 is 13.3 Å². The summed E-state index contributed by atoms with van der Waals surface area (Å²) in [6.07, 6.45) is 4.79. The maximum atomic E-state index is 11.1. The quantitative estimate of drug-likeness (QED) is 0.520. The molecule has 1 aliphatic rings. The van der Waals surface area contributed by atoms with Crippen LogP contribution in [0.5, 0.6) is 0 Å². The van der Waals surface area contributed by atoms with Crippen molar-refractivity contribution < 1.29 is 9.82 Å².